The normalized spacial score (nSPS) is 10.7. The van der Waals surface area contributed by atoms with E-state index >= 15 is 0 Å². The van der Waals surface area contributed by atoms with Crippen LogP contribution in [0.2, 0.25) is 5.15 Å². The van der Waals surface area contributed by atoms with Crippen molar-refractivity contribution >= 4 is 28.4 Å². The van der Waals surface area contributed by atoms with E-state index in [1.165, 1.54) is 6.33 Å². The third-order valence-corrected chi connectivity index (χ3v) is 2.99. The van der Waals surface area contributed by atoms with Gasteiger partial charge < -0.3 is 4.98 Å². The summed E-state index contributed by atoms with van der Waals surface area (Å²) in [5.74, 6) is -0.0986. The van der Waals surface area contributed by atoms with Crippen LogP contribution in [0.5, 0.6) is 0 Å². The van der Waals surface area contributed by atoms with Crippen molar-refractivity contribution in [2.24, 2.45) is 0 Å². The second kappa shape index (κ2) is 4.23. The van der Waals surface area contributed by atoms with Gasteiger partial charge in [0.1, 0.15) is 17.1 Å². The maximum Gasteiger partial charge on any atom is 0.195 e. The second-order valence-electron chi connectivity index (χ2n) is 3.79. The molecule has 0 aliphatic carbocycles. The molecule has 1 N–H and O–H groups in total. The van der Waals surface area contributed by atoms with Crippen LogP contribution in [0.3, 0.4) is 0 Å². The van der Waals surface area contributed by atoms with Gasteiger partial charge >= 0.3 is 0 Å². The van der Waals surface area contributed by atoms with Crippen LogP contribution >= 0.6 is 11.6 Å². The lowest BCUT2D eigenvalue weighted by Gasteiger charge is -1.99. The van der Waals surface area contributed by atoms with Crippen molar-refractivity contribution in [1.82, 2.24) is 15.0 Å². The Bertz CT molecular complexity index is 721. The van der Waals surface area contributed by atoms with E-state index in [0.29, 0.717) is 22.2 Å². The van der Waals surface area contributed by atoms with Crippen molar-refractivity contribution in [2.75, 3.05) is 0 Å². The number of fused-ring (bicyclic) bond motifs is 1. The fourth-order valence-corrected chi connectivity index (χ4v) is 2.08. The highest BCUT2D eigenvalue weighted by molar-refractivity contribution is 6.36. The molecule has 2 heterocycles. The van der Waals surface area contributed by atoms with Crippen molar-refractivity contribution in [1.29, 1.82) is 0 Å². The topological polar surface area (TPSA) is 58.6 Å². The SMILES string of the molecule is O=C(c1ccccc1)c1c[nH]c2ncnc(Cl)c12. The molecule has 88 valence electrons. The Morgan fingerprint density at radius 2 is 1.94 bits per heavy atom. The molecular formula is C13H8ClN3O. The van der Waals surface area contributed by atoms with Gasteiger partial charge in [-0.1, -0.05) is 41.9 Å². The first kappa shape index (κ1) is 10.9. The Balaban J connectivity index is 2.19. The number of aromatic amines is 1. The van der Waals surface area contributed by atoms with Crippen LogP contribution in [0.15, 0.2) is 42.9 Å². The zero-order valence-corrected chi connectivity index (χ0v) is 9.98. The molecule has 0 aliphatic rings. The number of hydrogen-bond donors (Lipinski definition) is 1. The molecule has 4 nitrogen and oxygen atoms in total. The third-order valence-electron chi connectivity index (χ3n) is 2.70. The smallest absolute Gasteiger partial charge is 0.195 e. The monoisotopic (exact) mass is 257 g/mol. The minimum atomic E-state index is -0.0986. The molecule has 3 rings (SSSR count). The van der Waals surface area contributed by atoms with E-state index in [1.807, 2.05) is 18.2 Å². The van der Waals surface area contributed by atoms with Crippen molar-refractivity contribution in [2.45, 2.75) is 0 Å². The number of carbonyl (C=O) groups is 1. The number of nitrogens with one attached hydrogen (secondary N) is 1. The van der Waals surface area contributed by atoms with Crippen LogP contribution < -0.4 is 0 Å². The van der Waals surface area contributed by atoms with E-state index in [4.69, 9.17) is 11.6 Å². The molecule has 0 unspecified atom stereocenters. The molecule has 0 atom stereocenters. The van der Waals surface area contributed by atoms with E-state index in [1.54, 1.807) is 18.3 Å². The standard InChI is InChI=1S/C13H8ClN3O/c14-12-10-9(6-15-13(10)17-7-16-12)11(18)8-4-2-1-3-5-8/h1-7H,(H,15,16,17). The van der Waals surface area contributed by atoms with Gasteiger partial charge in [-0.05, 0) is 0 Å². The number of aromatic nitrogens is 3. The Kier molecular flexibility index (Phi) is 2.57. The average molecular weight is 258 g/mol. The number of H-pyrrole nitrogens is 1. The summed E-state index contributed by atoms with van der Waals surface area (Å²) in [4.78, 5) is 23.2. The van der Waals surface area contributed by atoms with Gasteiger partial charge in [-0.2, -0.15) is 0 Å². The fourth-order valence-electron chi connectivity index (χ4n) is 1.85. The largest absolute Gasteiger partial charge is 0.345 e. The second-order valence-corrected chi connectivity index (χ2v) is 4.14. The summed E-state index contributed by atoms with van der Waals surface area (Å²) < 4.78 is 0. The van der Waals surface area contributed by atoms with Gasteiger partial charge in [-0.3, -0.25) is 4.79 Å². The number of ketones is 1. The minimum absolute atomic E-state index is 0.0986. The average Bonchev–Trinajstić information content (AvgIpc) is 2.84. The van der Waals surface area contributed by atoms with Crippen LogP contribution in [0, 0.1) is 0 Å². The quantitative estimate of drug-likeness (QED) is 0.567. The van der Waals surface area contributed by atoms with E-state index in [0.717, 1.165) is 0 Å². The summed E-state index contributed by atoms with van der Waals surface area (Å²) in [6.45, 7) is 0. The molecule has 0 spiro atoms. The molecule has 2 aromatic heterocycles. The van der Waals surface area contributed by atoms with Gasteiger partial charge in [-0.25, -0.2) is 9.97 Å². The zero-order valence-electron chi connectivity index (χ0n) is 9.22. The lowest BCUT2D eigenvalue weighted by Crippen LogP contribution is -2.00. The molecule has 0 saturated heterocycles. The number of rotatable bonds is 2. The van der Waals surface area contributed by atoms with E-state index in [2.05, 4.69) is 15.0 Å². The molecular weight excluding hydrogens is 250 g/mol. The first-order valence-electron chi connectivity index (χ1n) is 5.34. The molecule has 0 radical (unpaired) electrons. The number of hydrogen-bond acceptors (Lipinski definition) is 3. The highest BCUT2D eigenvalue weighted by atomic mass is 35.5. The Morgan fingerprint density at radius 3 is 2.72 bits per heavy atom. The number of halogens is 1. The van der Waals surface area contributed by atoms with Crippen molar-refractivity contribution in [3.05, 3.63) is 59.1 Å². The summed E-state index contributed by atoms with van der Waals surface area (Å²) in [5.41, 5.74) is 1.66. The van der Waals surface area contributed by atoms with Crippen LogP contribution in [0.4, 0.5) is 0 Å². The fraction of sp³-hybridized carbons (Fsp3) is 0. The molecule has 1 aromatic carbocycles. The maximum absolute atomic E-state index is 12.3. The van der Waals surface area contributed by atoms with Crippen molar-refractivity contribution < 1.29 is 4.79 Å². The highest BCUT2D eigenvalue weighted by Crippen LogP contribution is 2.24. The molecule has 0 bridgehead atoms. The first-order valence-corrected chi connectivity index (χ1v) is 5.72. The zero-order chi connectivity index (χ0) is 12.5. The Labute approximate surface area is 108 Å². The molecule has 0 amide bonds. The summed E-state index contributed by atoms with van der Waals surface area (Å²) in [6.07, 6.45) is 2.97. The van der Waals surface area contributed by atoms with Crippen LogP contribution in [-0.4, -0.2) is 20.7 Å². The minimum Gasteiger partial charge on any atom is -0.345 e. The summed E-state index contributed by atoms with van der Waals surface area (Å²) >= 11 is 6.01. The van der Waals surface area contributed by atoms with E-state index in [-0.39, 0.29) is 10.9 Å². The number of nitrogens with zero attached hydrogens (tertiary/aromatic N) is 2. The van der Waals surface area contributed by atoms with Crippen LogP contribution in [-0.2, 0) is 0 Å². The maximum atomic E-state index is 12.3. The van der Waals surface area contributed by atoms with E-state index < -0.39 is 0 Å². The lowest BCUT2D eigenvalue weighted by atomic mass is 10.0. The van der Waals surface area contributed by atoms with Crippen LogP contribution in [0.1, 0.15) is 15.9 Å². The summed E-state index contributed by atoms with van der Waals surface area (Å²) in [7, 11) is 0. The van der Waals surface area contributed by atoms with Gasteiger partial charge in [0.25, 0.3) is 0 Å². The van der Waals surface area contributed by atoms with Gasteiger partial charge in [-0.15, -0.1) is 0 Å². The first-order chi connectivity index (χ1) is 8.77. The predicted octanol–water partition coefficient (Wildman–Crippen LogP) is 2.84. The molecule has 0 aliphatic heterocycles. The lowest BCUT2D eigenvalue weighted by molar-refractivity contribution is 0.104. The van der Waals surface area contributed by atoms with E-state index in [9.17, 15) is 4.79 Å². The van der Waals surface area contributed by atoms with Gasteiger partial charge in [0.2, 0.25) is 0 Å². The van der Waals surface area contributed by atoms with Gasteiger partial charge in [0.15, 0.2) is 5.78 Å². The van der Waals surface area contributed by atoms with Gasteiger partial charge in [0, 0.05) is 11.8 Å². The van der Waals surface area contributed by atoms with Gasteiger partial charge in [0.05, 0.1) is 10.9 Å². The molecule has 0 fully saturated rings. The molecule has 5 heteroatoms. The van der Waals surface area contributed by atoms with Crippen molar-refractivity contribution in [3.63, 3.8) is 0 Å². The highest BCUT2D eigenvalue weighted by Gasteiger charge is 2.17. The Hall–Kier alpha value is -2.20. The number of benzene rings is 1. The molecule has 18 heavy (non-hydrogen) atoms. The van der Waals surface area contributed by atoms with Crippen LogP contribution in [0.25, 0.3) is 11.0 Å². The third kappa shape index (κ3) is 1.67. The summed E-state index contributed by atoms with van der Waals surface area (Å²) in [6, 6.07) is 9.03. The number of carbonyl (C=O) groups excluding carboxylic acids is 1. The molecule has 3 aromatic rings. The Morgan fingerprint density at radius 1 is 1.17 bits per heavy atom. The summed E-state index contributed by atoms with van der Waals surface area (Å²) in [5, 5.41) is 0.841. The predicted molar refractivity (Wildman–Crippen MR) is 68.8 cm³/mol. The van der Waals surface area contributed by atoms with Crippen molar-refractivity contribution in [3.8, 4) is 0 Å². The molecule has 0 saturated carbocycles.